The standard InChI is InChI=1S/C18H13BrO2.C11H6BrClO.C7H8O/c1-21-17-8-5-12(6-9-17)18(20)15-3-2-14-11-16(19)7-4-13(14)10-15;12-10-4-3-7-5-9(11(13)14)2-1-8(7)6-10;1-8-7-5-3-2-4-6-7/h2-11H,1H3;1-6H;2-6H,1H3. The van der Waals surface area contributed by atoms with Gasteiger partial charge >= 0.3 is 0 Å². The summed E-state index contributed by atoms with van der Waals surface area (Å²) in [4.78, 5) is 23.4. The first-order valence-corrected chi connectivity index (χ1v) is 15.1. The number of hydrogen-bond donors (Lipinski definition) is 0. The van der Waals surface area contributed by atoms with Crippen LogP contribution in [-0.2, 0) is 0 Å². The van der Waals surface area contributed by atoms with Gasteiger partial charge in [0.25, 0.3) is 5.24 Å². The molecule has 0 aromatic heterocycles. The molecule has 0 saturated heterocycles. The largest absolute Gasteiger partial charge is 0.497 e. The maximum absolute atomic E-state index is 12.5. The molecule has 6 aromatic carbocycles. The van der Waals surface area contributed by atoms with Crippen LogP contribution in [0.1, 0.15) is 26.3 Å². The Morgan fingerprint density at radius 2 is 0.930 bits per heavy atom. The van der Waals surface area contributed by atoms with E-state index >= 15 is 0 Å². The van der Waals surface area contributed by atoms with Crippen LogP contribution in [0.3, 0.4) is 0 Å². The average molecular weight is 719 g/mol. The number of carbonyl (C=O) groups is 2. The second-order valence-electron chi connectivity index (χ2n) is 9.26. The van der Waals surface area contributed by atoms with Crippen LogP contribution in [0.25, 0.3) is 21.5 Å². The molecule has 0 unspecified atom stereocenters. The highest BCUT2D eigenvalue weighted by Gasteiger charge is 2.10. The molecule has 0 aliphatic heterocycles. The van der Waals surface area contributed by atoms with Crippen molar-refractivity contribution in [2.24, 2.45) is 0 Å². The number of halogens is 3. The van der Waals surface area contributed by atoms with Gasteiger partial charge in [0, 0.05) is 25.6 Å². The zero-order valence-electron chi connectivity index (χ0n) is 23.4. The van der Waals surface area contributed by atoms with E-state index < -0.39 is 5.24 Å². The molecule has 0 aliphatic rings. The lowest BCUT2D eigenvalue weighted by Gasteiger charge is -2.05. The molecule has 0 aliphatic carbocycles. The van der Waals surface area contributed by atoms with Crippen molar-refractivity contribution in [1.82, 2.24) is 0 Å². The van der Waals surface area contributed by atoms with Gasteiger partial charge in [0.2, 0.25) is 0 Å². The average Bonchev–Trinajstić information content (AvgIpc) is 3.05. The lowest BCUT2D eigenvalue weighted by atomic mass is 10.00. The highest BCUT2D eigenvalue weighted by Crippen LogP contribution is 2.23. The first kappa shape index (κ1) is 32.0. The fourth-order valence-electron chi connectivity index (χ4n) is 4.16. The molecule has 0 N–H and O–H groups in total. The zero-order chi connectivity index (χ0) is 30.8. The van der Waals surface area contributed by atoms with Crippen LogP contribution in [-0.4, -0.2) is 25.2 Å². The van der Waals surface area contributed by atoms with Gasteiger partial charge in [-0.05, 0) is 112 Å². The number of ketones is 1. The number of benzene rings is 6. The summed E-state index contributed by atoms with van der Waals surface area (Å²) >= 11 is 12.2. The van der Waals surface area contributed by atoms with Gasteiger partial charge in [0.15, 0.2) is 5.78 Å². The second kappa shape index (κ2) is 15.5. The zero-order valence-corrected chi connectivity index (χ0v) is 27.3. The number of fused-ring (bicyclic) bond motifs is 2. The van der Waals surface area contributed by atoms with Crippen molar-refractivity contribution in [3.63, 3.8) is 0 Å². The normalized spacial score (nSPS) is 10.2. The van der Waals surface area contributed by atoms with E-state index in [1.54, 1.807) is 50.6 Å². The molecule has 216 valence electrons. The van der Waals surface area contributed by atoms with Crippen molar-refractivity contribution in [1.29, 1.82) is 0 Å². The smallest absolute Gasteiger partial charge is 0.252 e. The Hall–Kier alpha value is -3.97. The van der Waals surface area contributed by atoms with Crippen molar-refractivity contribution >= 4 is 76.0 Å². The fraction of sp³-hybridized carbons (Fsp3) is 0.0556. The number of methoxy groups -OCH3 is 2. The fourth-order valence-corrected chi connectivity index (χ4v) is 5.04. The highest BCUT2D eigenvalue weighted by molar-refractivity contribution is 9.10. The summed E-state index contributed by atoms with van der Waals surface area (Å²) in [6.45, 7) is 0. The summed E-state index contributed by atoms with van der Waals surface area (Å²) in [6.07, 6.45) is 0. The summed E-state index contributed by atoms with van der Waals surface area (Å²) in [7, 11) is 3.27. The molecule has 6 rings (SSSR count). The summed E-state index contributed by atoms with van der Waals surface area (Å²) in [5, 5.41) is 3.84. The Morgan fingerprint density at radius 3 is 1.42 bits per heavy atom. The van der Waals surface area contributed by atoms with Crippen LogP contribution >= 0.6 is 43.5 Å². The van der Waals surface area contributed by atoms with Crippen LogP contribution in [0, 0.1) is 0 Å². The van der Waals surface area contributed by atoms with E-state index in [0.717, 1.165) is 42.0 Å². The quantitative estimate of drug-likeness (QED) is 0.132. The summed E-state index contributed by atoms with van der Waals surface area (Å²) in [5.41, 5.74) is 1.88. The van der Waals surface area contributed by atoms with Gasteiger partial charge in [0.05, 0.1) is 14.2 Å². The van der Waals surface area contributed by atoms with Crippen LogP contribution in [0.2, 0.25) is 0 Å². The molecular weight excluding hydrogens is 692 g/mol. The Bertz CT molecular complexity index is 1860. The summed E-state index contributed by atoms with van der Waals surface area (Å²) in [6, 6.07) is 39.9. The minimum absolute atomic E-state index is 0.0162. The number of ether oxygens (including phenoxy) is 2. The molecule has 43 heavy (non-hydrogen) atoms. The lowest BCUT2D eigenvalue weighted by Crippen LogP contribution is -2.01. The predicted molar refractivity (Wildman–Crippen MR) is 183 cm³/mol. The summed E-state index contributed by atoms with van der Waals surface area (Å²) in [5.74, 6) is 1.67. The van der Waals surface area contributed by atoms with Crippen molar-refractivity contribution in [3.8, 4) is 11.5 Å². The first-order chi connectivity index (χ1) is 20.8. The predicted octanol–water partition coefficient (Wildman–Crippen LogP) is 10.5. The van der Waals surface area contributed by atoms with Gasteiger partial charge in [-0.25, -0.2) is 0 Å². The van der Waals surface area contributed by atoms with E-state index in [9.17, 15) is 9.59 Å². The lowest BCUT2D eigenvalue weighted by molar-refractivity contribution is 0.103. The van der Waals surface area contributed by atoms with E-state index in [1.807, 2.05) is 91.0 Å². The van der Waals surface area contributed by atoms with E-state index in [4.69, 9.17) is 21.1 Å². The molecular formula is C36H27Br2ClO4. The second-order valence-corrected chi connectivity index (χ2v) is 11.4. The third-order valence-corrected chi connectivity index (χ3v) is 7.63. The number of hydrogen-bond acceptors (Lipinski definition) is 4. The third-order valence-electron chi connectivity index (χ3n) is 6.42. The Labute approximate surface area is 272 Å². The van der Waals surface area contributed by atoms with E-state index in [-0.39, 0.29) is 5.78 Å². The molecule has 6 aromatic rings. The molecule has 0 amide bonds. The molecule has 4 nitrogen and oxygen atoms in total. The van der Waals surface area contributed by atoms with Crippen molar-refractivity contribution in [2.45, 2.75) is 0 Å². The van der Waals surface area contributed by atoms with Crippen molar-refractivity contribution in [3.05, 3.63) is 153 Å². The Kier molecular flexibility index (Phi) is 11.5. The van der Waals surface area contributed by atoms with Gasteiger partial charge in [-0.2, -0.15) is 0 Å². The van der Waals surface area contributed by atoms with Crippen molar-refractivity contribution < 1.29 is 19.1 Å². The van der Waals surface area contributed by atoms with Crippen LogP contribution < -0.4 is 9.47 Å². The Morgan fingerprint density at radius 1 is 0.512 bits per heavy atom. The van der Waals surface area contributed by atoms with Gasteiger partial charge in [-0.3, -0.25) is 9.59 Å². The first-order valence-electron chi connectivity index (χ1n) is 13.1. The Balaban J connectivity index is 0.000000165. The molecule has 0 fully saturated rings. The topological polar surface area (TPSA) is 52.6 Å². The molecule has 0 spiro atoms. The molecule has 0 saturated carbocycles. The minimum Gasteiger partial charge on any atom is -0.497 e. The number of carbonyl (C=O) groups excluding carboxylic acids is 2. The SMILES string of the molecule is COc1ccc(C(=O)c2ccc3cc(Br)ccc3c2)cc1.COc1ccccc1.O=C(Cl)c1ccc2cc(Br)ccc2c1. The van der Waals surface area contributed by atoms with E-state index in [1.165, 1.54) is 0 Å². The number of para-hydroxylation sites is 1. The third kappa shape index (κ3) is 9.01. The van der Waals surface area contributed by atoms with Gasteiger partial charge in [-0.1, -0.05) is 80.4 Å². The molecule has 0 bridgehead atoms. The maximum atomic E-state index is 12.5. The monoisotopic (exact) mass is 716 g/mol. The van der Waals surface area contributed by atoms with Gasteiger partial charge < -0.3 is 9.47 Å². The highest BCUT2D eigenvalue weighted by atomic mass is 79.9. The minimum atomic E-state index is -0.421. The molecule has 0 heterocycles. The molecule has 0 atom stereocenters. The maximum Gasteiger partial charge on any atom is 0.252 e. The van der Waals surface area contributed by atoms with Crippen LogP contribution in [0.15, 0.2) is 136 Å². The van der Waals surface area contributed by atoms with Gasteiger partial charge in [0.1, 0.15) is 11.5 Å². The molecule has 0 radical (unpaired) electrons. The van der Waals surface area contributed by atoms with Gasteiger partial charge in [-0.15, -0.1) is 0 Å². The number of rotatable bonds is 5. The van der Waals surface area contributed by atoms with Crippen LogP contribution in [0.5, 0.6) is 11.5 Å². The summed E-state index contributed by atoms with van der Waals surface area (Å²) < 4.78 is 12.1. The van der Waals surface area contributed by atoms with Crippen LogP contribution in [0.4, 0.5) is 0 Å². The van der Waals surface area contributed by atoms with E-state index in [0.29, 0.717) is 16.7 Å². The van der Waals surface area contributed by atoms with E-state index in [2.05, 4.69) is 31.9 Å². The van der Waals surface area contributed by atoms with Crippen molar-refractivity contribution in [2.75, 3.05) is 14.2 Å². The molecule has 7 heteroatoms.